The highest BCUT2D eigenvalue weighted by Crippen LogP contribution is 2.34. The molecular formula is C15H15ClN2OS2. The second-order valence-electron chi connectivity index (χ2n) is 5.09. The Morgan fingerprint density at radius 1 is 1.52 bits per heavy atom. The van der Waals surface area contributed by atoms with Crippen molar-refractivity contribution in [3.63, 3.8) is 0 Å². The summed E-state index contributed by atoms with van der Waals surface area (Å²) in [5.74, 6) is 0.752. The van der Waals surface area contributed by atoms with Gasteiger partial charge in [-0.2, -0.15) is 0 Å². The van der Waals surface area contributed by atoms with Crippen LogP contribution < -0.4 is 5.56 Å². The minimum absolute atomic E-state index is 0.0722. The molecule has 0 amide bonds. The van der Waals surface area contributed by atoms with Crippen LogP contribution in [-0.2, 0) is 19.2 Å². The van der Waals surface area contributed by atoms with Crippen LogP contribution in [-0.4, -0.2) is 14.8 Å². The molecule has 0 saturated heterocycles. The third kappa shape index (κ3) is 3.15. The number of hydrogen-bond donors (Lipinski definition) is 0. The first-order valence-electron chi connectivity index (χ1n) is 6.68. The minimum atomic E-state index is 0.0722. The lowest BCUT2D eigenvalue weighted by Crippen LogP contribution is -2.22. The Kier molecular flexibility index (Phi) is 4.33. The molecule has 1 unspecified atom stereocenters. The third-order valence-corrected chi connectivity index (χ3v) is 5.89. The number of rotatable bonds is 3. The van der Waals surface area contributed by atoms with Crippen LogP contribution in [0.15, 0.2) is 39.1 Å². The van der Waals surface area contributed by atoms with Crippen molar-refractivity contribution in [2.45, 2.75) is 34.4 Å². The highest BCUT2D eigenvalue weighted by atomic mass is 35.5. The van der Waals surface area contributed by atoms with Gasteiger partial charge >= 0.3 is 0 Å². The quantitative estimate of drug-likeness (QED) is 0.630. The average Bonchev–Trinajstić information content (AvgIpc) is 2.82. The number of nitrogens with zero attached hydrogens (tertiary/aromatic N) is 2. The van der Waals surface area contributed by atoms with Crippen molar-refractivity contribution in [3.05, 3.63) is 50.9 Å². The molecule has 3 rings (SSSR count). The predicted octanol–water partition coefficient (Wildman–Crippen LogP) is 3.76. The molecule has 0 spiro atoms. The van der Waals surface area contributed by atoms with E-state index in [4.69, 9.17) is 11.6 Å². The van der Waals surface area contributed by atoms with Gasteiger partial charge in [0.15, 0.2) is 5.16 Å². The highest BCUT2D eigenvalue weighted by molar-refractivity contribution is 8.00. The molecule has 1 aromatic heterocycles. The molecule has 1 aliphatic heterocycles. The number of fused-ring (bicyclic) bond motifs is 1. The van der Waals surface area contributed by atoms with Gasteiger partial charge in [-0.1, -0.05) is 42.4 Å². The first-order valence-corrected chi connectivity index (χ1v) is 8.92. The summed E-state index contributed by atoms with van der Waals surface area (Å²) >= 11 is 9.20. The molecule has 3 nitrogen and oxygen atoms in total. The Morgan fingerprint density at radius 3 is 3.10 bits per heavy atom. The van der Waals surface area contributed by atoms with Crippen LogP contribution in [0, 0.1) is 0 Å². The van der Waals surface area contributed by atoms with Gasteiger partial charge in [0.2, 0.25) is 0 Å². The largest absolute Gasteiger partial charge is 0.290 e. The van der Waals surface area contributed by atoms with E-state index in [0.717, 1.165) is 38.5 Å². The third-order valence-electron chi connectivity index (χ3n) is 3.34. The maximum atomic E-state index is 12.4. The van der Waals surface area contributed by atoms with Crippen molar-refractivity contribution in [1.82, 2.24) is 9.55 Å². The van der Waals surface area contributed by atoms with E-state index in [1.165, 1.54) is 0 Å². The summed E-state index contributed by atoms with van der Waals surface area (Å²) < 4.78 is 1.65. The summed E-state index contributed by atoms with van der Waals surface area (Å²) in [7, 11) is 1.79. The van der Waals surface area contributed by atoms with E-state index in [9.17, 15) is 4.79 Å². The van der Waals surface area contributed by atoms with Gasteiger partial charge in [0.25, 0.3) is 5.56 Å². The normalized spacial score (nSPS) is 17.0. The number of halogens is 1. The van der Waals surface area contributed by atoms with E-state index < -0.39 is 0 Å². The van der Waals surface area contributed by atoms with Crippen LogP contribution in [0.3, 0.4) is 0 Å². The highest BCUT2D eigenvalue weighted by Gasteiger charge is 2.25. The number of benzene rings is 1. The maximum absolute atomic E-state index is 12.4. The van der Waals surface area contributed by atoms with Gasteiger partial charge in [-0.05, 0) is 17.7 Å². The Morgan fingerprint density at radius 2 is 2.33 bits per heavy atom. The predicted molar refractivity (Wildman–Crippen MR) is 89.5 cm³/mol. The molecule has 1 aromatic carbocycles. The van der Waals surface area contributed by atoms with Crippen molar-refractivity contribution in [1.29, 1.82) is 0 Å². The molecule has 2 aromatic rings. The Hall–Kier alpha value is -0.910. The smallest absolute Gasteiger partial charge is 0.267 e. The van der Waals surface area contributed by atoms with Gasteiger partial charge in [-0.3, -0.25) is 9.36 Å². The van der Waals surface area contributed by atoms with Crippen LogP contribution >= 0.6 is 35.1 Å². The molecule has 0 radical (unpaired) electrons. The molecule has 1 aliphatic rings. The zero-order valence-corrected chi connectivity index (χ0v) is 14.2. The van der Waals surface area contributed by atoms with E-state index in [2.05, 4.69) is 11.9 Å². The summed E-state index contributed by atoms with van der Waals surface area (Å²) in [4.78, 5) is 17.9. The van der Waals surface area contributed by atoms with E-state index in [1.54, 1.807) is 35.1 Å². The van der Waals surface area contributed by atoms with Gasteiger partial charge < -0.3 is 0 Å². The van der Waals surface area contributed by atoms with Crippen molar-refractivity contribution >= 4 is 35.1 Å². The molecule has 0 bridgehead atoms. The van der Waals surface area contributed by atoms with Gasteiger partial charge in [0.05, 0.1) is 10.6 Å². The molecule has 1 atom stereocenters. The molecule has 0 N–H and O–H groups in total. The molecular weight excluding hydrogens is 324 g/mol. The monoisotopic (exact) mass is 338 g/mol. The number of aromatic nitrogens is 2. The van der Waals surface area contributed by atoms with Crippen LogP contribution in [0.1, 0.15) is 18.2 Å². The Labute approximate surface area is 137 Å². The molecule has 0 fully saturated rings. The minimum Gasteiger partial charge on any atom is -0.290 e. The lowest BCUT2D eigenvalue weighted by Gasteiger charge is -2.09. The molecule has 6 heteroatoms. The van der Waals surface area contributed by atoms with E-state index in [1.807, 2.05) is 24.3 Å². The molecule has 2 heterocycles. The Bertz CT molecular complexity index is 745. The van der Waals surface area contributed by atoms with Crippen LogP contribution in [0.25, 0.3) is 0 Å². The van der Waals surface area contributed by atoms with Gasteiger partial charge in [-0.15, -0.1) is 11.8 Å². The van der Waals surface area contributed by atoms with Gasteiger partial charge in [0, 0.05) is 29.5 Å². The van der Waals surface area contributed by atoms with Gasteiger partial charge in [0.1, 0.15) is 0 Å². The van der Waals surface area contributed by atoms with Crippen molar-refractivity contribution in [2.75, 3.05) is 0 Å². The van der Waals surface area contributed by atoms with E-state index >= 15 is 0 Å². The summed E-state index contributed by atoms with van der Waals surface area (Å²) in [5, 5.41) is 1.94. The zero-order chi connectivity index (χ0) is 15.0. The average molecular weight is 339 g/mol. The van der Waals surface area contributed by atoms with Crippen LogP contribution in [0.4, 0.5) is 0 Å². The molecule has 110 valence electrons. The van der Waals surface area contributed by atoms with Crippen LogP contribution in [0.5, 0.6) is 0 Å². The van der Waals surface area contributed by atoms with Crippen molar-refractivity contribution < 1.29 is 0 Å². The topological polar surface area (TPSA) is 34.9 Å². The number of hydrogen-bond acceptors (Lipinski definition) is 4. The lowest BCUT2D eigenvalue weighted by atomic mass is 10.2. The fraction of sp³-hybridized carbons (Fsp3) is 0.333. The summed E-state index contributed by atoms with van der Waals surface area (Å²) in [5.41, 5.74) is 2.15. The summed E-state index contributed by atoms with van der Waals surface area (Å²) in [6.45, 7) is 2.13. The first kappa shape index (κ1) is 15.0. The zero-order valence-electron chi connectivity index (χ0n) is 11.8. The molecule has 0 aliphatic carbocycles. The fourth-order valence-corrected chi connectivity index (χ4v) is 4.57. The fourth-order valence-electron chi connectivity index (χ4n) is 2.28. The van der Waals surface area contributed by atoms with Gasteiger partial charge in [-0.25, -0.2) is 4.98 Å². The standard InChI is InChI=1S/C15H15ClN2OS2/c1-9-6-12-13(21-9)14(19)18(2)15(17-12)20-8-10-4-3-5-11(16)7-10/h3-5,7,9H,6,8H2,1-2H3. The first-order chi connectivity index (χ1) is 10.0. The molecule has 0 saturated carbocycles. The summed E-state index contributed by atoms with van der Waals surface area (Å²) in [6, 6.07) is 7.77. The second-order valence-corrected chi connectivity index (χ2v) is 7.91. The lowest BCUT2D eigenvalue weighted by molar-refractivity contribution is 0.665. The van der Waals surface area contributed by atoms with Crippen molar-refractivity contribution in [3.8, 4) is 0 Å². The van der Waals surface area contributed by atoms with Crippen molar-refractivity contribution in [2.24, 2.45) is 7.05 Å². The van der Waals surface area contributed by atoms with Crippen LogP contribution in [0.2, 0.25) is 5.02 Å². The number of thioether (sulfide) groups is 2. The summed E-state index contributed by atoms with van der Waals surface area (Å²) in [6.07, 6.45) is 0.876. The van der Waals surface area contributed by atoms with E-state index in [0.29, 0.717) is 5.25 Å². The maximum Gasteiger partial charge on any atom is 0.267 e. The second kappa shape index (κ2) is 6.07. The van der Waals surface area contributed by atoms with E-state index in [-0.39, 0.29) is 5.56 Å². The Balaban J connectivity index is 1.85. The SMILES string of the molecule is CC1Cc2nc(SCc3cccc(Cl)c3)n(C)c(=O)c2S1. The molecule has 21 heavy (non-hydrogen) atoms.